The second-order valence-corrected chi connectivity index (χ2v) is 5.19. The maximum Gasteiger partial charge on any atom is 0.169 e. The fourth-order valence-electron chi connectivity index (χ4n) is 2.69. The number of rotatable bonds is 2. The SMILES string of the molecule is Cc1cccc(C)c1-c1cccc2c1O[C@H](CN)CO2. The molecule has 0 spiro atoms. The molecule has 2 aromatic carbocycles. The zero-order valence-corrected chi connectivity index (χ0v) is 11.8. The van der Waals surface area contributed by atoms with Gasteiger partial charge in [0.2, 0.25) is 0 Å². The summed E-state index contributed by atoms with van der Waals surface area (Å²) in [7, 11) is 0. The van der Waals surface area contributed by atoms with E-state index in [9.17, 15) is 0 Å². The largest absolute Gasteiger partial charge is 0.486 e. The Hall–Kier alpha value is -2.00. The predicted molar refractivity (Wildman–Crippen MR) is 80.3 cm³/mol. The van der Waals surface area contributed by atoms with Gasteiger partial charge in [-0.25, -0.2) is 0 Å². The molecule has 0 aromatic heterocycles. The highest BCUT2D eigenvalue weighted by molar-refractivity contribution is 5.78. The van der Waals surface area contributed by atoms with Crippen LogP contribution in [0.5, 0.6) is 11.5 Å². The Balaban J connectivity index is 2.16. The second-order valence-electron chi connectivity index (χ2n) is 5.19. The molecule has 104 valence electrons. The van der Waals surface area contributed by atoms with E-state index in [0.29, 0.717) is 13.2 Å². The molecular formula is C17H19NO2. The highest BCUT2D eigenvalue weighted by Gasteiger charge is 2.24. The Bertz CT molecular complexity index is 617. The lowest BCUT2D eigenvalue weighted by Crippen LogP contribution is -2.35. The van der Waals surface area contributed by atoms with E-state index >= 15 is 0 Å². The van der Waals surface area contributed by atoms with E-state index in [1.165, 1.54) is 16.7 Å². The molecule has 2 aromatic rings. The zero-order chi connectivity index (χ0) is 14.1. The van der Waals surface area contributed by atoms with E-state index in [0.717, 1.165) is 17.1 Å². The lowest BCUT2D eigenvalue weighted by atomic mass is 9.94. The molecule has 1 atom stereocenters. The van der Waals surface area contributed by atoms with Crippen molar-refractivity contribution in [1.29, 1.82) is 0 Å². The molecule has 0 amide bonds. The van der Waals surface area contributed by atoms with Crippen molar-refractivity contribution >= 4 is 0 Å². The van der Waals surface area contributed by atoms with Crippen molar-refractivity contribution in [3.8, 4) is 22.6 Å². The van der Waals surface area contributed by atoms with Gasteiger partial charge in [-0.1, -0.05) is 30.3 Å². The number of para-hydroxylation sites is 1. The molecule has 0 radical (unpaired) electrons. The minimum atomic E-state index is -0.0759. The Morgan fingerprint density at radius 1 is 1.10 bits per heavy atom. The van der Waals surface area contributed by atoms with Crippen LogP contribution in [0.1, 0.15) is 11.1 Å². The van der Waals surface area contributed by atoms with Crippen LogP contribution in [0.15, 0.2) is 36.4 Å². The van der Waals surface area contributed by atoms with Gasteiger partial charge >= 0.3 is 0 Å². The summed E-state index contributed by atoms with van der Waals surface area (Å²) < 4.78 is 11.8. The Kier molecular flexibility index (Phi) is 3.36. The van der Waals surface area contributed by atoms with E-state index in [4.69, 9.17) is 15.2 Å². The fraction of sp³-hybridized carbons (Fsp3) is 0.294. The number of benzene rings is 2. The van der Waals surface area contributed by atoms with E-state index in [-0.39, 0.29) is 6.10 Å². The van der Waals surface area contributed by atoms with Crippen molar-refractivity contribution in [2.24, 2.45) is 5.73 Å². The molecular weight excluding hydrogens is 250 g/mol. The molecule has 0 saturated heterocycles. The van der Waals surface area contributed by atoms with Gasteiger partial charge in [0.05, 0.1) is 0 Å². The predicted octanol–water partition coefficient (Wildman–Crippen LogP) is 3.07. The molecule has 0 fully saturated rings. The van der Waals surface area contributed by atoms with Crippen LogP contribution in [0, 0.1) is 13.8 Å². The number of fused-ring (bicyclic) bond motifs is 1. The number of aryl methyl sites for hydroxylation is 2. The van der Waals surface area contributed by atoms with Crippen LogP contribution in [0.4, 0.5) is 0 Å². The number of ether oxygens (including phenoxy) is 2. The highest BCUT2D eigenvalue weighted by atomic mass is 16.6. The Morgan fingerprint density at radius 3 is 2.50 bits per heavy atom. The third-order valence-electron chi connectivity index (χ3n) is 3.70. The summed E-state index contributed by atoms with van der Waals surface area (Å²) in [5.41, 5.74) is 10.5. The molecule has 0 saturated carbocycles. The monoisotopic (exact) mass is 269 g/mol. The van der Waals surface area contributed by atoms with Crippen LogP contribution >= 0.6 is 0 Å². The van der Waals surface area contributed by atoms with Gasteiger partial charge in [0.1, 0.15) is 12.7 Å². The first-order chi connectivity index (χ1) is 9.70. The van der Waals surface area contributed by atoms with Crippen molar-refractivity contribution in [3.05, 3.63) is 47.5 Å². The summed E-state index contributed by atoms with van der Waals surface area (Å²) in [5.74, 6) is 1.61. The van der Waals surface area contributed by atoms with Gasteiger partial charge in [0.25, 0.3) is 0 Å². The first-order valence-corrected chi connectivity index (χ1v) is 6.90. The van der Waals surface area contributed by atoms with Crippen LogP contribution in [0.3, 0.4) is 0 Å². The van der Waals surface area contributed by atoms with E-state index in [1.54, 1.807) is 0 Å². The van der Waals surface area contributed by atoms with E-state index < -0.39 is 0 Å². The van der Waals surface area contributed by atoms with Crippen molar-refractivity contribution < 1.29 is 9.47 Å². The highest BCUT2D eigenvalue weighted by Crippen LogP contribution is 2.42. The summed E-state index contributed by atoms with van der Waals surface area (Å²) in [6, 6.07) is 12.3. The van der Waals surface area contributed by atoms with Crippen LogP contribution in [-0.4, -0.2) is 19.3 Å². The maximum atomic E-state index is 6.03. The van der Waals surface area contributed by atoms with Crippen molar-refractivity contribution in [3.63, 3.8) is 0 Å². The van der Waals surface area contributed by atoms with E-state index in [2.05, 4.69) is 38.1 Å². The summed E-state index contributed by atoms with van der Waals surface area (Å²) in [4.78, 5) is 0. The normalized spacial score (nSPS) is 17.1. The molecule has 3 rings (SSSR count). The van der Waals surface area contributed by atoms with Gasteiger partial charge in [0.15, 0.2) is 11.5 Å². The maximum absolute atomic E-state index is 6.03. The standard InChI is InChI=1S/C17H19NO2/c1-11-5-3-6-12(2)16(11)14-7-4-8-15-17(14)20-13(9-18)10-19-15/h3-8,13H,9-10,18H2,1-2H3/t13-/m1/s1. The van der Waals surface area contributed by atoms with Gasteiger partial charge in [-0.05, 0) is 36.6 Å². The van der Waals surface area contributed by atoms with Crippen LogP contribution < -0.4 is 15.2 Å². The summed E-state index contributed by atoms with van der Waals surface area (Å²) >= 11 is 0. The number of nitrogens with two attached hydrogens (primary N) is 1. The number of hydrogen-bond acceptors (Lipinski definition) is 3. The van der Waals surface area contributed by atoms with Gasteiger partial charge in [-0.3, -0.25) is 0 Å². The smallest absolute Gasteiger partial charge is 0.169 e. The van der Waals surface area contributed by atoms with Gasteiger partial charge in [-0.15, -0.1) is 0 Å². The lowest BCUT2D eigenvalue weighted by molar-refractivity contribution is 0.0976. The van der Waals surface area contributed by atoms with Crippen molar-refractivity contribution in [2.45, 2.75) is 20.0 Å². The molecule has 1 aliphatic rings. The van der Waals surface area contributed by atoms with Crippen LogP contribution in [-0.2, 0) is 0 Å². The topological polar surface area (TPSA) is 44.5 Å². The van der Waals surface area contributed by atoms with Gasteiger partial charge in [-0.2, -0.15) is 0 Å². The summed E-state index contributed by atoms with van der Waals surface area (Å²) in [6.45, 7) is 5.21. The molecule has 1 aliphatic heterocycles. The minimum Gasteiger partial charge on any atom is -0.486 e. The van der Waals surface area contributed by atoms with Gasteiger partial charge < -0.3 is 15.2 Å². The van der Waals surface area contributed by atoms with Crippen molar-refractivity contribution in [2.75, 3.05) is 13.2 Å². The Labute approximate surface area is 119 Å². The van der Waals surface area contributed by atoms with E-state index in [1.807, 2.05) is 12.1 Å². The third kappa shape index (κ3) is 2.14. The average molecular weight is 269 g/mol. The van der Waals surface area contributed by atoms with Crippen molar-refractivity contribution in [1.82, 2.24) is 0 Å². The molecule has 3 nitrogen and oxygen atoms in total. The molecule has 20 heavy (non-hydrogen) atoms. The van der Waals surface area contributed by atoms with Crippen LogP contribution in [0.2, 0.25) is 0 Å². The number of hydrogen-bond donors (Lipinski definition) is 1. The quantitative estimate of drug-likeness (QED) is 0.911. The zero-order valence-electron chi connectivity index (χ0n) is 11.8. The molecule has 1 heterocycles. The first-order valence-electron chi connectivity index (χ1n) is 6.90. The molecule has 0 aliphatic carbocycles. The summed E-state index contributed by atoms with van der Waals surface area (Å²) in [6.07, 6.45) is -0.0759. The average Bonchev–Trinajstić information content (AvgIpc) is 2.47. The Morgan fingerprint density at radius 2 is 1.80 bits per heavy atom. The molecule has 3 heteroatoms. The fourth-order valence-corrected chi connectivity index (χ4v) is 2.69. The van der Waals surface area contributed by atoms with Gasteiger partial charge in [0, 0.05) is 12.1 Å². The second kappa shape index (κ2) is 5.17. The van der Waals surface area contributed by atoms with Crippen LogP contribution in [0.25, 0.3) is 11.1 Å². The summed E-state index contributed by atoms with van der Waals surface area (Å²) in [5, 5.41) is 0. The molecule has 0 bridgehead atoms. The molecule has 2 N–H and O–H groups in total. The first kappa shape index (κ1) is 13.0. The molecule has 0 unspecified atom stereocenters. The third-order valence-corrected chi connectivity index (χ3v) is 3.70. The minimum absolute atomic E-state index is 0.0759. The lowest BCUT2D eigenvalue weighted by Gasteiger charge is -2.28.